The standard InChI is InChI=1S/C10H13BrN2O2/c1-13(6-5-10(14)15-2)9-4-3-8(11)7-12-9/h3-4,7H,5-6H2,1-2H3. The number of hydrogen-bond donors (Lipinski definition) is 0. The number of carbonyl (C=O) groups excluding carboxylic acids is 1. The van der Waals surface area contributed by atoms with E-state index in [1.54, 1.807) is 6.20 Å². The molecule has 1 aromatic heterocycles. The normalized spacial score (nSPS) is 9.80. The van der Waals surface area contributed by atoms with Crippen molar-refractivity contribution in [3.8, 4) is 0 Å². The fraction of sp³-hybridized carbons (Fsp3) is 0.400. The molecule has 1 aromatic rings. The molecule has 0 fully saturated rings. The first kappa shape index (κ1) is 12.0. The van der Waals surface area contributed by atoms with Crippen molar-refractivity contribution < 1.29 is 9.53 Å². The quantitative estimate of drug-likeness (QED) is 0.785. The second kappa shape index (κ2) is 5.70. The fourth-order valence-corrected chi connectivity index (χ4v) is 1.30. The Morgan fingerprint density at radius 1 is 1.60 bits per heavy atom. The van der Waals surface area contributed by atoms with Crippen LogP contribution in [-0.4, -0.2) is 31.7 Å². The molecule has 1 heterocycles. The molecular weight excluding hydrogens is 260 g/mol. The predicted octanol–water partition coefficient (Wildman–Crippen LogP) is 1.84. The summed E-state index contributed by atoms with van der Waals surface area (Å²) < 4.78 is 5.50. The van der Waals surface area contributed by atoms with E-state index in [2.05, 4.69) is 25.7 Å². The molecule has 0 aliphatic rings. The van der Waals surface area contributed by atoms with Crippen molar-refractivity contribution in [2.45, 2.75) is 6.42 Å². The number of anilines is 1. The van der Waals surface area contributed by atoms with E-state index in [4.69, 9.17) is 0 Å². The van der Waals surface area contributed by atoms with Crippen LogP contribution in [0.4, 0.5) is 5.82 Å². The summed E-state index contributed by atoms with van der Waals surface area (Å²) >= 11 is 3.31. The molecule has 0 saturated carbocycles. The van der Waals surface area contributed by atoms with Crippen molar-refractivity contribution in [3.05, 3.63) is 22.8 Å². The number of pyridine rings is 1. The number of rotatable bonds is 4. The molecule has 5 heteroatoms. The molecular formula is C10H13BrN2O2. The third-order valence-corrected chi connectivity index (χ3v) is 2.45. The summed E-state index contributed by atoms with van der Waals surface area (Å²) in [6.07, 6.45) is 2.09. The Morgan fingerprint density at radius 2 is 2.33 bits per heavy atom. The molecule has 0 amide bonds. The molecule has 0 aliphatic heterocycles. The van der Waals surface area contributed by atoms with Crippen molar-refractivity contribution >= 4 is 27.7 Å². The van der Waals surface area contributed by atoms with Gasteiger partial charge in [0.05, 0.1) is 13.5 Å². The van der Waals surface area contributed by atoms with Crippen LogP contribution < -0.4 is 4.90 Å². The Bertz CT molecular complexity index is 327. The summed E-state index contributed by atoms with van der Waals surface area (Å²) in [4.78, 5) is 17.0. The number of carbonyl (C=O) groups is 1. The average Bonchev–Trinajstić information content (AvgIpc) is 2.26. The van der Waals surface area contributed by atoms with Gasteiger partial charge in [-0.3, -0.25) is 4.79 Å². The minimum Gasteiger partial charge on any atom is -0.469 e. The monoisotopic (exact) mass is 272 g/mol. The van der Waals surface area contributed by atoms with Crippen molar-refractivity contribution in [1.82, 2.24) is 4.98 Å². The number of methoxy groups -OCH3 is 1. The smallest absolute Gasteiger partial charge is 0.307 e. The van der Waals surface area contributed by atoms with Gasteiger partial charge in [-0.05, 0) is 28.1 Å². The number of esters is 1. The van der Waals surface area contributed by atoms with Crippen LogP contribution in [-0.2, 0) is 9.53 Å². The number of ether oxygens (including phenoxy) is 1. The van der Waals surface area contributed by atoms with Crippen LogP contribution >= 0.6 is 15.9 Å². The highest BCUT2D eigenvalue weighted by Gasteiger charge is 2.05. The number of nitrogens with zero attached hydrogens (tertiary/aromatic N) is 2. The van der Waals surface area contributed by atoms with Crippen molar-refractivity contribution in [1.29, 1.82) is 0 Å². The van der Waals surface area contributed by atoms with Crippen LogP contribution in [0, 0.1) is 0 Å². The number of halogens is 1. The first-order valence-electron chi connectivity index (χ1n) is 4.53. The molecule has 0 N–H and O–H groups in total. The van der Waals surface area contributed by atoms with E-state index >= 15 is 0 Å². The minimum absolute atomic E-state index is 0.209. The van der Waals surface area contributed by atoms with Gasteiger partial charge in [0.1, 0.15) is 5.82 Å². The van der Waals surface area contributed by atoms with E-state index in [9.17, 15) is 4.79 Å². The molecule has 0 aliphatic carbocycles. The molecule has 82 valence electrons. The van der Waals surface area contributed by atoms with E-state index < -0.39 is 0 Å². The average molecular weight is 273 g/mol. The predicted molar refractivity (Wildman–Crippen MR) is 61.8 cm³/mol. The van der Waals surface area contributed by atoms with Gasteiger partial charge in [-0.15, -0.1) is 0 Å². The molecule has 1 rings (SSSR count). The summed E-state index contributed by atoms with van der Waals surface area (Å²) in [5, 5.41) is 0. The Balaban J connectivity index is 2.50. The van der Waals surface area contributed by atoms with Crippen molar-refractivity contribution in [2.75, 3.05) is 25.6 Å². The molecule has 0 saturated heterocycles. The highest BCUT2D eigenvalue weighted by Crippen LogP contribution is 2.13. The second-order valence-electron chi connectivity index (χ2n) is 3.08. The van der Waals surface area contributed by atoms with Crippen LogP contribution in [0.25, 0.3) is 0 Å². The summed E-state index contributed by atoms with van der Waals surface area (Å²) in [6, 6.07) is 3.80. The third kappa shape index (κ3) is 3.87. The van der Waals surface area contributed by atoms with Gasteiger partial charge in [-0.1, -0.05) is 0 Å². The first-order chi connectivity index (χ1) is 7.13. The minimum atomic E-state index is -0.209. The van der Waals surface area contributed by atoms with E-state index in [0.29, 0.717) is 13.0 Å². The van der Waals surface area contributed by atoms with Crippen molar-refractivity contribution in [3.63, 3.8) is 0 Å². The molecule has 0 radical (unpaired) electrons. The second-order valence-corrected chi connectivity index (χ2v) is 4.00. The molecule has 0 aromatic carbocycles. The van der Waals surface area contributed by atoms with Gasteiger partial charge < -0.3 is 9.64 Å². The Kier molecular flexibility index (Phi) is 4.55. The van der Waals surface area contributed by atoms with E-state index in [-0.39, 0.29) is 5.97 Å². The van der Waals surface area contributed by atoms with E-state index in [1.807, 2.05) is 24.1 Å². The Morgan fingerprint density at radius 3 is 2.87 bits per heavy atom. The summed E-state index contributed by atoms with van der Waals surface area (Å²) in [5.74, 6) is 0.626. The zero-order valence-electron chi connectivity index (χ0n) is 8.74. The maximum atomic E-state index is 10.9. The Hall–Kier alpha value is -1.10. The van der Waals surface area contributed by atoms with Gasteiger partial charge >= 0.3 is 5.97 Å². The van der Waals surface area contributed by atoms with Gasteiger partial charge in [0.15, 0.2) is 0 Å². The molecule has 15 heavy (non-hydrogen) atoms. The SMILES string of the molecule is COC(=O)CCN(C)c1ccc(Br)cn1. The summed E-state index contributed by atoms with van der Waals surface area (Å²) in [7, 11) is 3.28. The van der Waals surface area contributed by atoms with Crippen LogP contribution in [0.3, 0.4) is 0 Å². The zero-order chi connectivity index (χ0) is 11.3. The lowest BCUT2D eigenvalue weighted by molar-refractivity contribution is -0.140. The molecule has 0 bridgehead atoms. The lowest BCUT2D eigenvalue weighted by atomic mass is 10.4. The highest BCUT2D eigenvalue weighted by atomic mass is 79.9. The maximum absolute atomic E-state index is 10.9. The van der Waals surface area contributed by atoms with Crippen LogP contribution in [0.15, 0.2) is 22.8 Å². The lowest BCUT2D eigenvalue weighted by Crippen LogP contribution is -2.22. The van der Waals surface area contributed by atoms with Crippen LogP contribution in [0.5, 0.6) is 0 Å². The van der Waals surface area contributed by atoms with Crippen LogP contribution in [0.2, 0.25) is 0 Å². The number of aromatic nitrogens is 1. The highest BCUT2D eigenvalue weighted by molar-refractivity contribution is 9.10. The third-order valence-electron chi connectivity index (χ3n) is 1.98. The molecule has 4 nitrogen and oxygen atoms in total. The molecule has 0 unspecified atom stereocenters. The topological polar surface area (TPSA) is 42.4 Å². The van der Waals surface area contributed by atoms with Gasteiger partial charge in [0, 0.05) is 24.3 Å². The van der Waals surface area contributed by atoms with Gasteiger partial charge in [0.2, 0.25) is 0 Å². The summed E-state index contributed by atoms with van der Waals surface area (Å²) in [5.41, 5.74) is 0. The largest absolute Gasteiger partial charge is 0.469 e. The fourth-order valence-electron chi connectivity index (χ4n) is 1.07. The first-order valence-corrected chi connectivity index (χ1v) is 5.32. The molecule has 0 spiro atoms. The van der Waals surface area contributed by atoms with E-state index in [1.165, 1.54) is 7.11 Å². The lowest BCUT2D eigenvalue weighted by Gasteiger charge is -2.16. The van der Waals surface area contributed by atoms with Gasteiger partial charge in [0.25, 0.3) is 0 Å². The van der Waals surface area contributed by atoms with Crippen molar-refractivity contribution in [2.24, 2.45) is 0 Å². The van der Waals surface area contributed by atoms with Gasteiger partial charge in [-0.25, -0.2) is 4.98 Å². The summed E-state index contributed by atoms with van der Waals surface area (Å²) in [6.45, 7) is 0.599. The maximum Gasteiger partial charge on any atom is 0.307 e. The van der Waals surface area contributed by atoms with E-state index in [0.717, 1.165) is 10.3 Å². The zero-order valence-corrected chi connectivity index (χ0v) is 10.3. The molecule has 0 atom stereocenters. The van der Waals surface area contributed by atoms with Crippen LogP contribution in [0.1, 0.15) is 6.42 Å². The number of hydrogen-bond acceptors (Lipinski definition) is 4. The van der Waals surface area contributed by atoms with Gasteiger partial charge in [-0.2, -0.15) is 0 Å². The Labute approximate surface area is 97.4 Å².